The smallest absolute Gasteiger partial charge is 0.212 e. The molecule has 0 spiro atoms. The molecule has 2 unspecified atom stereocenters. The Balaban J connectivity index is 2.31. The van der Waals surface area contributed by atoms with E-state index in [2.05, 4.69) is 26.7 Å². The number of hydrogen-bond acceptors (Lipinski definition) is 2. The Labute approximate surface area is 117 Å². The van der Waals surface area contributed by atoms with Gasteiger partial charge in [-0.2, -0.15) is 0 Å². The van der Waals surface area contributed by atoms with E-state index in [-0.39, 0.29) is 10.9 Å². The van der Waals surface area contributed by atoms with E-state index < -0.39 is 14.8 Å². The van der Waals surface area contributed by atoms with E-state index >= 15 is 0 Å². The molecule has 2 rings (SSSR count). The van der Waals surface area contributed by atoms with Crippen molar-refractivity contribution in [1.29, 1.82) is 0 Å². The second kappa shape index (κ2) is 4.62. The molecule has 0 bridgehead atoms. The van der Waals surface area contributed by atoms with Gasteiger partial charge in [0.05, 0.1) is 10.8 Å². The first kappa shape index (κ1) is 14.0. The number of sulfonamides is 1. The molecule has 1 N–H and O–H groups in total. The normalized spacial score (nSPS) is 24.0. The molecule has 3 nitrogen and oxygen atoms in total. The molecule has 0 aliphatic heterocycles. The molecule has 0 aromatic heterocycles. The molecule has 2 atom stereocenters. The quantitative estimate of drug-likeness (QED) is 0.847. The summed E-state index contributed by atoms with van der Waals surface area (Å²) in [4.78, 5) is 0.118. The number of nitrogens with one attached hydrogen (secondary N) is 1. The maximum Gasteiger partial charge on any atom is 0.217 e. The number of rotatable bonds is 2. The summed E-state index contributed by atoms with van der Waals surface area (Å²) >= 11 is 3.58. The highest BCUT2D eigenvalue weighted by molar-refractivity contribution is 9.09. The van der Waals surface area contributed by atoms with Crippen LogP contribution in [0.4, 0.5) is 0 Å². The molecule has 0 heterocycles. The summed E-state index contributed by atoms with van der Waals surface area (Å²) in [5, 5.41) is 0. The monoisotopic (exact) mass is 331 g/mol. The average Bonchev–Trinajstić information content (AvgIpc) is 2.54. The van der Waals surface area contributed by atoms with Crippen LogP contribution in [0.25, 0.3) is 0 Å². The first-order chi connectivity index (χ1) is 8.22. The fourth-order valence-electron chi connectivity index (χ4n) is 2.03. The minimum atomic E-state index is -3.34. The fourth-order valence-corrected chi connectivity index (χ4v) is 3.95. The van der Waals surface area contributed by atoms with E-state index in [1.54, 1.807) is 20.8 Å². The van der Waals surface area contributed by atoms with E-state index in [4.69, 9.17) is 0 Å². The molecule has 0 fully saturated rings. The molecule has 100 valence electrons. The van der Waals surface area contributed by atoms with Crippen molar-refractivity contribution < 1.29 is 8.42 Å². The molecular weight excluding hydrogens is 314 g/mol. The summed E-state index contributed by atoms with van der Waals surface area (Å²) in [7, 11) is -3.34. The Morgan fingerprint density at radius 1 is 1.28 bits per heavy atom. The lowest BCUT2D eigenvalue weighted by Gasteiger charge is -2.25. The largest absolute Gasteiger partial charge is 0.217 e. The number of benzene rings is 1. The molecule has 1 aromatic carbocycles. The summed E-state index contributed by atoms with van der Waals surface area (Å²) in [6.45, 7) is 5.12. The van der Waals surface area contributed by atoms with Crippen LogP contribution in [-0.4, -0.2) is 18.0 Å². The summed E-state index contributed by atoms with van der Waals surface area (Å²) < 4.78 is 26.5. The van der Waals surface area contributed by atoms with Gasteiger partial charge in [0.25, 0.3) is 0 Å². The van der Waals surface area contributed by atoms with Crippen molar-refractivity contribution in [3.63, 3.8) is 0 Å². The van der Waals surface area contributed by atoms with Crippen LogP contribution >= 0.6 is 15.9 Å². The maximum absolute atomic E-state index is 12.2. The Hall–Kier alpha value is -0.390. The van der Waals surface area contributed by atoms with Gasteiger partial charge in [-0.25, -0.2) is 13.1 Å². The summed E-state index contributed by atoms with van der Waals surface area (Å²) in [5.74, 6) is 0. The van der Waals surface area contributed by atoms with Crippen LogP contribution in [-0.2, 0) is 16.4 Å². The van der Waals surface area contributed by atoms with Gasteiger partial charge in [-0.15, -0.1) is 0 Å². The van der Waals surface area contributed by atoms with Gasteiger partial charge in [-0.1, -0.05) is 40.2 Å². The second-order valence-corrected chi connectivity index (χ2v) is 9.27. The zero-order valence-corrected chi connectivity index (χ0v) is 13.2. The third-order valence-electron chi connectivity index (χ3n) is 3.26. The molecule has 18 heavy (non-hydrogen) atoms. The standard InChI is InChI=1S/C13H18BrNO2S/c1-13(2,3)18(16,17)15-12-10-7-5-4-6-9(10)8-11(12)14/h4-7,11-12,15H,8H2,1-3H3. The Morgan fingerprint density at radius 3 is 2.50 bits per heavy atom. The number of fused-ring (bicyclic) bond motifs is 1. The Morgan fingerprint density at radius 2 is 1.89 bits per heavy atom. The van der Waals surface area contributed by atoms with Gasteiger partial charge in [-0.3, -0.25) is 0 Å². The molecule has 0 radical (unpaired) electrons. The lowest BCUT2D eigenvalue weighted by atomic mass is 10.1. The predicted octanol–water partition coefficient (Wildman–Crippen LogP) is 2.77. The Kier molecular flexibility index (Phi) is 3.60. The first-order valence-electron chi connectivity index (χ1n) is 5.96. The average molecular weight is 332 g/mol. The van der Waals surface area contributed by atoms with Crippen LogP contribution in [0.2, 0.25) is 0 Å². The van der Waals surface area contributed by atoms with Gasteiger partial charge in [0.1, 0.15) is 0 Å². The van der Waals surface area contributed by atoms with Crippen LogP contribution in [0.5, 0.6) is 0 Å². The molecule has 1 aliphatic carbocycles. The third kappa shape index (κ3) is 2.49. The SMILES string of the molecule is CC(C)(C)S(=O)(=O)NC1c2ccccc2CC1Br. The highest BCUT2D eigenvalue weighted by Crippen LogP contribution is 2.37. The van der Waals surface area contributed by atoms with Crippen LogP contribution < -0.4 is 4.72 Å². The van der Waals surface area contributed by atoms with Crippen molar-refractivity contribution in [3.8, 4) is 0 Å². The molecule has 1 aliphatic rings. The highest BCUT2D eigenvalue weighted by Gasteiger charge is 2.37. The minimum Gasteiger partial charge on any atom is -0.212 e. The minimum absolute atomic E-state index is 0.118. The van der Waals surface area contributed by atoms with E-state index in [1.807, 2.05) is 18.2 Å². The van der Waals surface area contributed by atoms with Crippen LogP contribution in [0.3, 0.4) is 0 Å². The lowest BCUT2D eigenvalue weighted by Crippen LogP contribution is -2.42. The molecular formula is C13H18BrNO2S. The number of hydrogen-bond donors (Lipinski definition) is 1. The van der Waals surface area contributed by atoms with Crippen molar-refractivity contribution in [2.24, 2.45) is 0 Å². The molecule has 0 saturated heterocycles. The fraction of sp³-hybridized carbons (Fsp3) is 0.538. The van der Waals surface area contributed by atoms with Gasteiger partial charge in [0.2, 0.25) is 10.0 Å². The van der Waals surface area contributed by atoms with Gasteiger partial charge < -0.3 is 0 Å². The zero-order chi connectivity index (χ0) is 13.6. The van der Waals surface area contributed by atoms with Crippen LogP contribution in [0.1, 0.15) is 37.9 Å². The zero-order valence-electron chi connectivity index (χ0n) is 10.8. The van der Waals surface area contributed by atoms with Crippen LogP contribution in [0.15, 0.2) is 24.3 Å². The first-order valence-corrected chi connectivity index (χ1v) is 8.36. The molecule has 1 aromatic rings. The molecule has 5 heteroatoms. The Bertz CT molecular complexity index is 548. The third-order valence-corrected chi connectivity index (χ3v) is 6.28. The van der Waals surface area contributed by atoms with Gasteiger partial charge in [0, 0.05) is 4.83 Å². The topological polar surface area (TPSA) is 46.2 Å². The van der Waals surface area contributed by atoms with E-state index in [0.29, 0.717) is 0 Å². The van der Waals surface area contributed by atoms with E-state index in [0.717, 1.165) is 12.0 Å². The number of alkyl halides is 1. The van der Waals surface area contributed by atoms with Crippen molar-refractivity contribution in [2.75, 3.05) is 0 Å². The maximum atomic E-state index is 12.2. The predicted molar refractivity (Wildman–Crippen MR) is 77.4 cm³/mol. The second-order valence-electron chi connectivity index (χ2n) is 5.63. The summed E-state index contributed by atoms with van der Waals surface area (Å²) in [6.07, 6.45) is 0.855. The highest BCUT2D eigenvalue weighted by atomic mass is 79.9. The van der Waals surface area contributed by atoms with Gasteiger partial charge >= 0.3 is 0 Å². The van der Waals surface area contributed by atoms with E-state index in [9.17, 15) is 8.42 Å². The van der Waals surface area contributed by atoms with Crippen molar-refractivity contribution in [3.05, 3.63) is 35.4 Å². The van der Waals surface area contributed by atoms with Gasteiger partial charge in [0.15, 0.2) is 0 Å². The van der Waals surface area contributed by atoms with Crippen molar-refractivity contribution in [2.45, 2.75) is 42.8 Å². The van der Waals surface area contributed by atoms with E-state index in [1.165, 1.54) is 5.56 Å². The molecule has 0 saturated carbocycles. The van der Waals surface area contributed by atoms with Crippen LogP contribution in [0, 0.1) is 0 Å². The summed E-state index contributed by atoms with van der Waals surface area (Å²) in [6, 6.07) is 7.80. The summed E-state index contributed by atoms with van der Waals surface area (Å²) in [5.41, 5.74) is 2.29. The van der Waals surface area contributed by atoms with Gasteiger partial charge in [-0.05, 0) is 38.3 Å². The van der Waals surface area contributed by atoms with Crippen molar-refractivity contribution in [1.82, 2.24) is 4.72 Å². The number of halogens is 1. The molecule has 0 amide bonds. The lowest BCUT2D eigenvalue weighted by molar-refractivity contribution is 0.526. The van der Waals surface area contributed by atoms with Crippen molar-refractivity contribution >= 4 is 26.0 Å².